The fourth-order valence-corrected chi connectivity index (χ4v) is 1.73. The van der Waals surface area contributed by atoms with Gasteiger partial charge in [-0.1, -0.05) is 31.2 Å². The lowest BCUT2D eigenvalue weighted by molar-refractivity contribution is -0.136. The summed E-state index contributed by atoms with van der Waals surface area (Å²) < 4.78 is 5.30. The van der Waals surface area contributed by atoms with E-state index in [0.717, 1.165) is 24.2 Å². The van der Waals surface area contributed by atoms with Crippen LogP contribution < -0.4 is 0 Å². The van der Waals surface area contributed by atoms with Crippen LogP contribution in [0, 0.1) is 0 Å². The molecule has 1 aliphatic carbocycles. The first-order valence-corrected chi connectivity index (χ1v) is 5.30. The molecule has 1 aliphatic rings. The molecule has 1 aromatic rings. The number of carbonyl (C=O) groups is 1. The second-order valence-corrected chi connectivity index (χ2v) is 3.65. The minimum Gasteiger partial charge on any atom is -0.426 e. The summed E-state index contributed by atoms with van der Waals surface area (Å²) >= 11 is 0. The Kier molecular flexibility index (Phi) is 2.86. The van der Waals surface area contributed by atoms with E-state index in [9.17, 15) is 4.79 Å². The molecule has 0 heterocycles. The molecule has 0 fully saturated rings. The molecule has 2 rings (SSSR count). The van der Waals surface area contributed by atoms with E-state index in [2.05, 4.69) is 6.07 Å². The van der Waals surface area contributed by atoms with Gasteiger partial charge in [0.05, 0.1) is 0 Å². The van der Waals surface area contributed by atoms with Gasteiger partial charge in [0.2, 0.25) is 0 Å². The third-order valence-corrected chi connectivity index (χ3v) is 2.47. The Hall–Kier alpha value is -1.57. The van der Waals surface area contributed by atoms with Crippen molar-refractivity contribution in [3.8, 4) is 0 Å². The van der Waals surface area contributed by atoms with Crippen molar-refractivity contribution < 1.29 is 9.53 Å². The van der Waals surface area contributed by atoms with Crippen molar-refractivity contribution in [1.29, 1.82) is 0 Å². The predicted molar refractivity (Wildman–Crippen MR) is 59.1 cm³/mol. The van der Waals surface area contributed by atoms with E-state index >= 15 is 0 Å². The number of esters is 1. The normalized spacial score (nSPS) is 13.3. The Morgan fingerprint density at radius 1 is 1.40 bits per heavy atom. The van der Waals surface area contributed by atoms with Crippen LogP contribution in [-0.4, -0.2) is 5.97 Å². The molecule has 0 amide bonds. The van der Waals surface area contributed by atoms with E-state index in [1.54, 1.807) is 0 Å². The minimum atomic E-state index is -0.138. The van der Waals surface area contributed by atoms with Crippen LogP contribution in [0.25, 0.3) is 5.76 Å². The number of carbonyl (C=O) groups excluding carboxylic acids is 1. The summed E-state index contributed by atoms with van der Waals surface area (Å²) in [5, 5.41) is 0. The number of ether oxygens (including phenoxy) is 1. The van der Waals surface area contributed by atoms with Gasteiger partial charge in [0.25, 0.3) is 0 Å². The largest absolute Gasteiger partial charge is 0.426 e. The number of fused-ring (bicyclic) bond motifs is 1. The summed E-state index contributed by atoms with van der Waals surface area (Å²) in [4.78, 5) is 11.3. The van der Waals surface area contributed by atoms with Gasteiger partial charge >= 0.3 is 5.97 Å². The molecule has 1 aromatic carbocycles. The molecule has 0 atom stereocenters. The highest BCUT2D eigenvalue weighted by molar-refractivity contribution is 5.80. The molecule has 78 valence electrons. The molecule has 0 aliphatic heterocycles. The van der Waals surface area contributed by atoms with Crippen LogP contribution >= 0.6 is 0 Å². The Morgan fingerprint density at radius 2 is 2.20 bits per heavy atom. The van der Waals surface area contributed by atoms with E-state index in [1.807, 2.05) is 31.2 Å². The van der Waals surface area contributed by atoms with Crippen molar-refractivity contribution in [1.82, 2.24) is 0 Å². The molecular formula is C13H14O2. The first-order chi connectivity index (χ1) is 7.31. The quantitative estimate of drug-likeness (QED) is 0.704. The van der Waals surface area contributed by atoms with Gasteiger partial charge in [-0.25, -0.2) is 0 Å². The van der Waals surface area contributed by atoms with Gasteiger partial charge in [0, 0.05) is 12.0 Å². The fraction of sp³-hybridized carbons (Fsp3) is 0.308. The first-order valence-electron chi connectivity index (χ1n) is 5.30. The van der Waals surface area contributed by atoms with E-state index < -0.39 is 0 Å². The van der Waals surface area contributed by atoms with Crippen LogP contribution in [0.5, 0.6) is 0 Å². The maximum atomic E-state index is 11.3. The van der Waals surface area contributed by atoms with Crippen LogP contribution in [0.4, 0.5) is 0 Å². The summed E-state index contributed by atoms with van der Waals surface area (Å²) in [6.07, 6.45) is 4.15. The highest BCUT2D eigenvalue weighted by Crippen LogP contribution is 2.28. The molecule has 0 saturated carbocycles. The van der Waals surface area contributed by atoms with Gasteiger partial charge in [-0.3, -0.25) is 4.79 Å². The molecule has 0 spiro atoms. The molecule has 0 saturated heterocycles. The van der Waals surface area contributed by atoms with Crippen molar-refractivity contribution in [2.45, 2.75) is 26.2 Å². The average Bonchev–Trinajstić information content (AvgIpc) is 2.62. The molecule has 15 heavy (non-hydrogen) atoms. The smallest absolute Gasteiger partial charge is 0.311 e. The average molecular weight is 202 g/mol. The van der Waals surface area contributed by atoms with Crippen molar-refractivity contribution in [3.05, 3.63) is 41.5 Å². The van der Waals surface area contributed by atoms with Gasteiger partial charge in [-0.05, 0) is 24.5 Å². The number of rotatable bonds is 3. The number of benzene rings is 1. The molecule has 0 aromatic heterocycles. The summed E-state index contributed by atoms with van der Waals surface area (Å²) in [7, 11) is 0. The molecular weight excluding hydrogens is 188 g/mol. The SMILES string of the molecule is CCCC(=O)OC1=CCc2ccccc21. The maximum Gasteiger partial charge on any atom is 0.311 e. The van der Waals surface area contributed by atoms with E-state index in [1.165, 1.54) is 5.56 Å². The standard InChI is InChI=1S/C13H14O2/c1-2-5-13(14)15-12-9-8-10-6-3-4-7-11(10)12/h3-4,6-7,9H,2,5,8H2,1H3. The van der Waals surface area contributed by atoms with Gasteiger partial charge < -0.3 is 4.74 Å². The number of hydrogen-bond acceptors (Lipinski definition) is 2. The van der Waals surface area contributed by atoms with Crippen molar-refractivity contribution >= 4 is 11.7 Å². The Morgan fingerprint density at radius 3 is 3.00 bits per heavy atom. The molecule has 2 nitrogen and oxygen atoms in total. The van der Waals surface area contributed by atoms with Crippen LogP contribution in [0.1, 0.15) is 30.9 Å². The topological polar surface area (TPSA) is 26.3 Å². The van der Waals surface area contributed by atoms with Gasteiger partial charge in [0.1, 0.15) is 5.76 Å². The zero-order valence-corrected chi connectivity index (χ0v) is 8.82. The molecule has 0 bridgehead atoms. The van der Waals surface area contributed by atoms with E-state index in [4.69, 9.17) is 4.74 Å². The van der Waals surface area contributed by atoms with Gasteiger partial charge in [0.15, 0.2) is 0 Å². The summed E-state index contributed by atoms with van der Waals surface area (Å²) in [5.74, 6) is 0.588. The van der Waals surface area contributed by atoms with Gasteiger partial charge in [-0.2, -0.15) is 0 Å². The van der Waals surface area contributed by atoms with Crippen LogP contribution in [-0.2, 0) is 16.0 Å². The zero-order chi connectivity index (χ0) is 10.7. The number of hydrogen-bond donors (Lipinski definition) is 0. The zero-order valence-electron chi connectivity index (χ0n) is 8.82. The van der Waals surface area contributed by atoms with Crippen LogP contribution in [0.15, 0.2) is 30.3 Å². The minimum absolute atomic E-state index is 0.138. The Bertz CT molecular complexity index is 405. The Balaban J connectivity index is 2.10. The van der Waals surface area contributed by atoms with Crippen LogP contribution in [0.2, 0.25) is 0 Å². The van der Waals surface area contributed by atoms with Crippen LogP contribution in [0.3, 0.4) is 0 Å². The monoisotopic (exact) mass is 202 g/mol. The van der Waals surface area contributed by atoms with E-state index in [0.29, 0.717) is 6.42 Å². The lowest BCUT2D eigenvalue weighted by Gasteiger charge is -2.06. The maximum absolute atomic E-state index is 11.3. The summed E-state index contributed by atoms with van der Waals surface area (Å²) in [6.45, 7) is 1.97. The predicted octanol–water partition coefficient (Wildman–Crippen LogP) is 2.93. The van der Waals surface area contributed by atoms with Crippen molar-refractivity contribution in [3.63, 3.8) is 0 Å². The lowest BCUT2D eigenvalue weighted by atomic mass is 10.1. The third-order valence-electron chi connectivity index (χ3n) is 2.47. The van der Waals surface area contributed by atoms with Crippen molar-refractivity contribution in [2.75, 3.05) is 0 Å². The second kappa shape index (κ2) is 4.30. The highest BCUT2D eigenvalue weighted by atomic mass is 16.5. The molecule has 0 unspecified atom stereocenters. The summed E-state index contributed by atoms with van der Waals surface area (Å²) in [6, 6.07) is 8.02. The molecule has 0 radical (unpaired) electrons. The summed E-state index contributed by atoms with van der Waals surface area (Å²) in [5.41, 5.74) is 2.29. The third kappa shape index (κ3) is 2.09. The molecule has 2 heteroatoms. The van der Waals surface area contributed by atoms with E-state index in [-0.39, 0.29) is 5.97 Å². The Labute approximate surface area is 89.6 Å². The lowest BCUT2D eigenvalue weighted by Crippen LogP contribution is -2.02. The highest BCUT2D eigenvalue weighted by Gasteiger charge is 2.16. The van der Waals surface area contributed by atoms with Crippen molar-refractivity contribution in [2.24, 2.45) is 0 Å². The first kappa shape index (κ1) is 9.97. The molecule has 0 N–H and O–H groups in total. The fourth-order valence-electron chi connectivity index (χ4n) is 1.73. The van der Waals surface area contributed by atoms with Gasteiger partial charge in [-0.15, -0.1) is 0 Å². The second-order valence-electron chi connectivity index (χ2n) is 3.65. The number of allylic oxidation sites excluding steroid dienone is 1.